The van der Waals surface area contributed by atoms with Crippen molar-refractivity contribution in [3.8, 4) is 0 Å². The number of aliphatic hydroxyl groups is 6. The fourth-order valence-corrected chi connectivity index (χ4v) is 5.66. The summed E-state index contributed by atoms with van der Waals surface area (Å²) in [7, 11) is 1.39. The molecule has 16 heteroatoms. The number of allylic oxidation sites excluding steroid dienone is 6. The molecule has 0 saturated carbocycles. The Morgan fingerprint density at radius 2 is 1.65 bits per heavy atom. The highest BCUT2D eigenvalue weighted by Gasteiger charge is 2.48. The Bertz CT molecular complexity index is 1220. The summed E-state index contributed by atoms with van der Waals surface area (Å²) in [6.45, 7) is 3.58. The van der Waals surface area contributed by atoms with Gasteiger partial charge in [0.1, 0.15) is 6.10 Å². The number of fused-ring (bicyclic) bond motifs is 2. The van der Waals surface area contributed by atoms with E-state index in [0.29, 0.717) is 0 Å². The number of nitrogens with one attached hydrogen (secondary N) is 2. The zero-order valence-electron chi connectivity index (χ0n) is 30.3. The van der Waals surface area contributed by atoms with Crippen LogP contribution in [0.1, 0.15) is 46.0 Å². The van der Waals surface area contributed by atoms with Crippen LogP contribution in [0.15, 0.2) is 60.8 Å². The van der Waals surface area contributed by atoms with Gasteiger partial charge in [-0.25, -0.2) is 9.59 Å². The molecule has 12 N–H and O–H groups in total. The van der Waals surface area contributed by atoms with E-state index in [1.165, 1.54) is 19.3 Å². The predicted octanol–water partition coefficient (Wildman–Crippen LogP) is -0.823. The van der Waals surface area contributed by atoms with E-state index in [1.54, 1.807) is 43.4 Å². The number of esters is 1. The van der Waals surface area contributed by atoms with Crippen LogP contribution in [0.4, 0.5) is 4.79 Å². The molecular weight excluding hydrogens is 680 g/mol. The first kappa shape index (κ1) is 45.2. The molecule has 0 spiro atoms. The van der Waals surface area contributed by atoms with Gasteiger partial charge in [0.15, 0.2) is 5.79 Å². The molecule has 296 valence electrons. The van der Waals surface area contributed by atoms with Gasteiger partial charge in [-0.15, -0.1) is 0 Å². The number of rotatable bonds is 10. The van der Waals surface area contributed by atoms with Crippen molar-refractivity contribution in [1.29, 1.82) is 0 Å². The summed E-state index contributed by atoms with van der Waals surface area (Å²) in [6, 6.07) is -2.79. The average molecular weight is 741 g/mol. The van der Waals surface area contributed by atoms with Crippen molar-refractivity contribution in [2.45, 2.75) is 113 Å². The molecule has 0 aromatic carbocycles. The molecular formula is C36H60N4O12. The molecule has 52 heavy (non-hydrogen) atoms. The second-order valence-corrected chi connectivity index (χ2v) is 13.3. The highest BCUT2D eigenvalue weighted by molar-refractivity contribution is 5.82. The minimum absolute atomic E-state index is 0.0200. The van der Waals surface area contributed by atoms with Crippen molar-refractivity contribution < 1.29 is 59.2 Å². The summed E-state index contributed by atoms with van der Waals surface area (Å²) >= 11 is 0. The SMILES string of the molecule is COC[C@@H](O)[C@H](N)[C@H](O)CO[C@H]1/C=C/C=C/C=C/C=C/[C@H](C)[C@@H](C)OC(=O)/C=C/C[C@H](O)C[C@H](O)C[C@]2(O)C[C@H](O)C(NC(=O)NCCN)[C@H](C1)O2. The number of methoxy groups -OCH3 is 1. The number of amides is 2. The Morgan fingerprint density at radius 1 is 1.00 bits per heavy atom. The largest absolute Gasteiger partial charge is 0.459 e. The monoisotopic (exact) mass is 740 g/mol. The van der Waals surface area contributed by atoms with Gasteiger partial charge in [-0.3, -0.25) is 0 Å². The number of nitrogens with two attached hydrogens (primary N) is 2. The summed E-state index contributed by atoms with van der Waals surface area (Å²) in [6.07, 6.45) is 7.12. The summed E-state index contributed by atoms with van der Waals surface area (Å²) in [4.78, 5) is 25.0. The van der Waals surface area contributed by atoms with Crippen LogP contribution < -0.4 is 22.1 Å². The van der Waals surface area contributed by atoms with Crippen LogP contribution >= 0.6 is 0 Å². The molecule has 0 aliphatic carbocycles. The third kappa shape index (κ3) is 16.8. The number of carbonyl (C=O) groups excluding carboxylic acids is 2. The van der Waals surface area contributed by atoms with E-state index in [1.807, 2.05) is 19.1 Å². The lowest BCUT2D eigenvalue weighted by Gasteiger charge is -2.46. The number of hydrogen-bond acceptors (Lipinski definition) is 14. The van der Waals surface area contributed by atoms with Gasteiger partial charge in [-0.1, -0.05) is 61.6 Å². The van der Waals surface area contributed by atoms with Crippen LogP contribution in [-0.2, 0) is 23.7 Å². The quantitative estimate of drug-likeness (QED) is 0.123. The Balaban J connectivity index is 2.44. The molecule has 2 aliphatic rings. The highest BCUT2D eigenvalue weighted by Crippen LogP contribution is 2.34. The first-order valence-electron chi connectivity index (χ1n) is 17.6. The van der Waals surface area contributed by atoms with Crippen molar-refractivity contribution in [3.05, 3.63) is 60.8 Å². The molecule has 16 nitrogen and oxygen atoms in total. The summed E-state index contributed by atoms with van der Waals surface area (Å²) in [5.74, 6) is -2.76. The fourth-order valence-electron chi connectivity index (χ4n) is 5.66. The van der Waals surface area contributed by atoms with E-state index in [4.69, 9.17) is 30.4 Å². The molecule has 2 heterocycles. The maximum Gasteiger partial charge on any atom is 0.330 e. The maximum absolute atomic E-state index is 12.7. The molecule has 12 atom stereocenters. The lowest BCUT2D eigenvalue weighted by Crippen LogP contribution is -2.63. The first-order chi connectivity index (χ1) is 24.7. The molecule has 1 unspecified atom stereocenters. The molecule has 2 bridgehead atoms. The maximum atomic E-state index is 12.7. The van der Waals surface area contributed by atoms with Gasteiger partial charge in [0.2, 0.25) is 0 Å². The average Bonchev–Trinajstić information content (AvgIpc) is 3.07. The lowest BCUT2D eigenvalue weighted by atomic mass is 9.87. The number of aliphatic hydroxyl groups excluding tert-OH is 5. The van der Waals surface area contributed by atoms with Crippen LogP contribution in [0.25, 0.3) is 0 Å². The Labute approximate surface area is 305 Å². The summed E-state index contributed by atoms with van der Waals surface area (Å²) in [5, 5.41) is 70.3. The molecule has 1 fully saturated rings. The van der Waals surface area contributed by atoms with Gasteiger partial charge in [0.25, 0.3) is 0 Å². The number of carbonyl (C=O) groups is 2. The first-order valence-corrected chi connectivity index (χ1v) is 17.6. The third-order valence-corrected chi connectivity index (χ3v) is 8.71. The normalized spacial score (nSPS) is 36.1. The van der Waals surface area contributed by atoms with E-state index in [9.17, 15) is 40.2 Å². The minimum atomic E-state index is -2.09. The van der Waals surface area contributed by atoms with Gasteiger partial charge >= 0.3 is 12.0 Å². The van der Waals surface area contributed by atoms with E-state index in [0.717, 1.165) is 0 Å². The van der Waals surface area contributed by atoms with E-state index in [-0.39, 0.29) is 51.5 Å². The number of urea groups is 1. The number of hydrogen-bond donors (Lipinski definition) is 10. The Morgan fingerprint density at radius 3 is 2.33 bits per heavy atom. The molecule has 2 rings (SSSR count). The molecule has 2 amide bonds. The fraction of sp³-hybridized carbons (Fsp3) is 0.667. The van der Waals surface area contributed by atoms with Crippen molar-refractivity contribution in [1.82, 2.24) is 10.6 Å². The molecule has 2 aliphatic heterocycles. The summed E-state index contributed by atoms with van der Waals surface area (Å²) < 4.78 is 22.5. The standard InChI is InChI=1S/C36H60N4O12/c1-23-11-8-6-4-5-7-9-13-27(50-22-30(45)33(38)29(44)21-49-3)18-31-34(40-35(47)39-16-15-37)28(43)20-36(48,52-31)19-26(42)17-25(41)12-10-14-32(46)51-24(23)2/h4-11,13-14,23-31,33-34,41-45,48H,12,15-22,37-38H2,1-3H3,(H2,39,40,47)/b6-4+,7-5+,11-8+,13-9+,14-10+/t23-,24+,25-,26-,27-,28-,29+,30+,31-,33-,34?,36+/m0/s1. The van der Waals surface area contributed by atoms with Gasteiger partial charge < -0.3 is 71.7 Å². The van der Waals surface area contributed by atoms with Gasteiger partial charge in [-0.2, -0.15) is 0 Å². The second-order valence-electron chi connectivity index (χ2n) is 13.3. The van der Waals surface area contributed by atoms with E-state index in [2.05, 4.69) is 10.6 Å². The second kappa shape index (κ2) is 23.6. The molecule has 0 aromatic heterocycles. The smallest absolute Gasteiger partial charge is 0.330 e. The molecule has 0 radical (unpaired) electrons. The van der Waals surface area contributed by atoms with Crippen molar-refractivity contribution in [3.63, 3.8) is 0 Å². The highest BCUT2D eigenvalue weighted by atomic mass is 16.6. The van der Waals surface area contributed by atoms with Crippen LogP contribution in [0.5, 0.6) is 0 Å². The van der Waals surface area contributed by atoms with Crippen LogP contribution in [0.2, 0.25) is 0 Å². The Kier molecular flexibility index (Phi) is 20.5. The van der Waals surface area contributed by atoms with Crippen molar-refractivity contribution in [2.24, 2.45) is 17.4 Å². The minimum Gasteiger partial charge on any atom is -0.459 e. The zero-order chi connectivity index (χ0) is 38.7. The Hall–Kier alpha value is -3.00. The van der Waals surface area contributed by atoms with Gasteiger partial charge in [-0.05, 0) is 19.8 Å². The number of ether oxygens (including phenoxy) is 4. The van der Waals surface area contributed by atoms with Crippen molar-refractivity contribution in [2.75, 3.05) is 33.4 Å². The van der Waals surface area contributed by atoms with Gasteiger partial charge in [0, 0.05) is 51.5 Å². The van der Waals surface area contributed by atoms with E-state index < -0.39 is 91.5 Å². The molecule has 0 aromatic rings. The van der Waals surface area contributed by atoms with Crippen LogP contribution in [0, 0.1) is 5.92 Å². The van der Waals surface area contributed by atoms with Crippen molar-refractivity contribution >= 4 is 12.0 Å². The topological polar surface area (TPSA) is 269 Å². The predicted molar refractivity (Wildman–Crippen MR) is 192 cm³/mol. The van der Waals surface area contributed by atoms with Crippen LogP contribution in [-0.4, -0.2) is 143 Å². The summed E-state index contributed by atoms with van der Waals surface area (Å²) in [5.41, 5.74) is 11.5. The van der Waals surface area contributed by atoms with E-state index >= 15 is 0 Å². The zero-order valence-corrected chi connectivity index (χ0v) is 30.3. The third-order valence-electron chi connectivity index (χ3n) is 8.71. The lowest BCUT2D eigenvalue weighted by molar-refractivity contribution is -0.293. The van der Waals surface area contributed by atoms with Crippen LogP contribution in [0.3, 0.4) is 0 Å². The number of cyclic esters (lactones) is 1. The molecule has 1 saturated heterocycles. The van der Waals surface area contributed by atoms with Gasteiger partial charge in [0.05, 0.1) is 68.0 Å².